The van der Waals surface area contributed by atoms with Crippen molar-refractivity contribution in [3.05, 3.63) is 66.3 Å². The summed E-state index contributed by atoms with van der Waals surface area (Å²) in [5.74, 6) is 0.518. The number of thiol groups is 1. The van der Waals surface area contributed by atoms with Crippen molar-refractivity contribution in [3.63, 3.8) is 0 Å². The zero-order chi connectivity index (χ0) is 33.6. The molecule has 0 radical (unpaired) electrons. The second kappa shape index (κ2) is 22.9. The van der Waals surface area contributed by atoms with Crippen LogP contribution in [0.5, 0.6) is 11.5 Å². The third kappa shape index (κ3) is 13.9. The minimum Gasteiger partial charge on any atom is -0.493 e. The lowest BCUT2D eigenvalue weighted by Crippen LogP contribution is -2.42. The van der Waals surface area contributed by atoms with E-state index in [-0.39, 0.29) is 38.0 Å². The van der Waals surface area contributed by atoms with Crippen molar-refractivity contribution < 1.29 is 43.2 Å². The van der Waals surface area contributed by atoms with Crippen molar-refractivity contribution in [2.45, 2.75) is 51.6 Å². The Kier molecular flexibility index (Phi) is 20.0. The van der Waals surface area contributed by atoms with Crippen LogP contribution in [0.1, 0.15) is 49.4 Å². The number of amides is 1. The van der Waals surface area contributed by atoms with Crippen molar-refractivity contribution in [3.8, 4) is 11.5 Å². The number of hydrogen-bond donors (Lipinski definition) is 3. The summed E-state index contributed by atoms with van der Waals surface area (Å²) >= 11 is 4.46. The van der Waals surface area contributed by atoms with Crippen LogP contribution in [0.3, 0.4) is 0 Å². The molecule has 1 aromatic carbocycles. The molecule has 1 heterocycles. The number of nitrogens with one attached hydrogen (secondary N) is 1. The van der Waals surface area contributed by atoms with E-state index in [1.807, 2.05) is 25.9 Å². The Morgan fingerprint density at radius 1 is 1.22 bits per heavy atom. The summed E-state index contributed by atoms with van der Waals surface area (Å²) < 4.78 is 27.5. The van der Waals surface area contributed by atoms with Crippen molar-refractivity contribution >= 4 is 37.0 Å². The SMILES string of the molecule is C=C/C=C\C(CS)=C(/C)CN(CC(O)OC1CCCCO1)C(=O)c1cc(OC)c(OCCCC(=O)OC)cc1NCC=C.C=O. The van der Waals surface area contributed by atoms with Gasteiger partial charge in [-0.1, -0.05) is 30.9 Å². The van der Waals surface area contributed by atoms with Crippen molar-refractivity contribution in [2.75, 3.05) is 58.1 Å². The van der Waals surface area contributed by atoms with E-state index in [2.05, 4.69) is 35.8 Å². The molecule has 2 atom stereocenters. The second-order valence-electron chi connectivity index (χ2n) is 9.88. The summed E-state index contributed by atoms with van der Waals surface area (Å²) in [5, 5.41) is 14.1. The summed E-state index contributed by atoms with van der Waals surface area (Å²) in [7, 11) is 2.82. The molecule has 1 aliphatic rings. The molecule has 1 aromatic rings. The maximum atomic E-state index is 14.2. The smallest absolute Gasteiger partial charge is 0.305 e. The van der Waals surface area contributed by atoms with Gasteiger partial charge in [0, 0.05) is 37.9 Å². The fraction of sp³-hybridized carbons (Fsp3) is 0.485. The van der Waals surface area contributed by atoms with Gasteiger partial charge in [-0.25, -0.2) is 0 Å². The van der Waals surface area contributed by atoms with Crippen molar-refractivity contribution in [1.29, 1.82) is 0 Å². The van der Waals surface area contributed by atoms with Gasteiger partial charge >= 0.3 is 5.97 Å². The van der Waals surface area contributed by atoms with E-state index >= 15 is 0 Å². The quantitative estimate of drug-likeness (QED) is 0.0483. The van der Waals surface area contributed by atoms with Crippen LogP contribution in [0.25, 0.3) is 0 Å². The third-order valence-corrected chi connectivity index (χ3v) is 7.01. The van der Waals surface area contributed by atoms with Gasteiger partial charge in [-0.05, 0) is 49.8 Å². The first-order chi connectivity index (χ1) is 21.8. The number of benzene rings is 1. The van der Waals surface area contributed by atoms with Gasteiger partial charge in [0.1, 0.15) is 6.79 Å². The number of aliphatic hydroxyl groups excluding tert-OH is 1. The van der Waals surface area contributed by atoms with Gasteiger partial charge < -0.3 is 43.8 Å². The van der Waals surface area contributed by atoms with E-state index in [9.17, 15) is 14.7 Å². The monoisotopic (exact) mass is 648 g/mol. The standard InChI is InChI=1S/C32H46N2O8S.CH2O/c1-6-8-12-24(22-43)23(3)20-34(21-30(36)42-31-14-9-10-16-41-31)32(37)25-18-27(38-4)28(19-26(25)33-15-7-2)40-17-11-13-29(35)39-5;1-2/h6-8,12,18-19,30-31,33,36,43H,1-2,9-11,13-17,20-22H2,3-5H3;1H2/b12-8-,24-23-;. The van der Waals surface area contributed by atoms with E-state index in [0.717, 1.165) is 24.0 Å². The number of anilines is 1. The lowest BCUT2D eigenvalue weighted by molar-refractivity contribution is -0.241. The summed E-state index contributed by atoms with van der Waals surface area (Å²) in [6.45, 7) is 12.7. The fourth-order valence-corrected chi connectivity index (χ4v) is 4.73. The Morgan fingerprint density at radius 3 is 2.58 bits per heavy atom. The van der Waals surface area contributed by atoms with Gasteiger partial charge in [0.05, 0.1) is 38.6 Å². The molecule has 250 valence electrons. The Bertz CT molecular complexity index is 1150. The number of carbonyl (C=O) groups is 3. The number of nitrogens with zero attached hydrogens (tertiary/aromatic N) is 1. The summed E-state index contributed by atoms with van der Waals surface area (Å²) in [6.07, 6.45) is 8.48. The van der Waals surface area contributed by atoms with Gasteiger partial charge in [0.15, 0.2) is 24.1 Å². The lowest BCUT2D eigenvalue weighted by Gasteiger charge is -2.30. The summed E-state index contributed by atoms with van der Waals surface area (Å²) in [4.78, 5) is 35.2. The number of hydrogen-bond acceptors (Lipinski definition) is 11. The van der Waals surface area contributed by atoms with Gasteiger partial charge in [-0.3, -0.25) is 9.59 Å². The summed E-state index contributed by atoms with van der Waals surface area (Å²) in [5.41, 5.74) is 2.61. The minimum absolute atomic E-state index is 0.101. The molecule has 1 fully saturated rings. The number of carbonyl (C=O) groups excluding carboxylic acids is 3. The topological polar surface area (TPSA) is 133 Å². The molecule has 2 rings (SSSR count). The Labute approximate surface area is 272 Å². The highest BCUT2D eigenvalue weighted by Crippen LogP contribution is 2.35. The van der Waals surface area contributed by atoms with E-state index in [1.54, 1.807) is 24.3 Å². The van der Waals surface area contributed by atoms with Crippen LogP contribution in [0.4, 0.5) is 5.69 Å². The number of rotatable bonds is 19. The zero-order valence-corrected chi connectivity index (χ0v) is 27.5. The number of methoxy groups -OCH3 is 2. The van der Waals surface area contributed by atoms with Crippen LogP contribution in [-0.4, -0.2) is 94.1 Å². The predicted octanol–water partition coefficient (Wildman–Crippen LogP) is 4.73. The highest BCUT2D eigenvalue weighted by molar-refractivity contribution is 7.80. The zero-order valence-electron chi connectivity index (χ0n) is 26.6. The third-order valence-electron chi connectivity index (χ3n) is 6.67. The van der Waals surface area contributed by atoms with E-state index in [0.29, 0.717) is 54.5 Å². The number of aliphatic hydroxyl groups is 1. The van der Waals surface area contributed by atoms with Gasteiger partial charge in [0.25, 0.3) is 5.91 Å². The first-order valence-electron chi connectivity index (χ1n) is 14.7. The molecule has 45 heavy (non-hydrogen) atoms. The molecule has 2 unspecified atom stereocenters. The van der Waals surface area contributed by atoms with Crippen LogP contribution >= 0.6 is 12.6 Å². The second-order valence-corrected chi connectivity index (χ2v) is 10.2. The molecule has 1 amide bonds. The molecule has 11 nitrogen and oxygen atoms in total. The van der Waals surface area contributed by atoms with Gasteiger partial charge in [0.2, 0.25) is 0 Å². The molecule has 0 bridgehead atoms. The lowest BCUT2D eigenvalue weighted by atomic mass is 10.1. The largest absolute Gasteiger partial charge is 0.493 e. The number of esters is 1. The predicted molar refractivity (Wildman–Crippen MR) is 178 cm³/mol. The molecule has 12 heteroatoms. The molecule has 0 aromatic heterocycles. The maximum Gasteiger partial charge on any atom is 0.305 e. The molecule has 0 aliphatic carbocycles. The van der Waals surface area contributed by atoms with Gasteiger partial charge in [-0.2, -0.15) is 12.6 Å². The first-order valence-corrected chi connectivity index (χ1v) is 15.3. The molecule has 1 saturated heterocycles. The Hall–Kier alpha value is -3.58. The van der Waals surface area contributed by atoms with E-state index in [4.69, 9.17) is 23.7 Å². The number of allylic oxidation sites excluding steroid dienone is 3. The fourth-order valence-electron chi connectivity index (χ4n) is 4.36. The Morgan fingerprint density at radius 2 is 1.98 bits per heavy atom. The average molecular weight is 649 g/mol. The Balaban J connectivity index is 0.00000496. The number of ether oxygens (including phenoxy) is 5. The average Bonchev–Trinajstić information content (AvgIpc) is 3.06. The first kappa shape index (κ1) is 39.4. The van der Waals surface area contributed by atoms with Crippen LogP contribution in [0.15, 0.2) is 60.7 Å². The van der Waals surface area contributed by atoms with Crippen molar-refractivity contribution in [1.82, 2.24) is 4.90 Å². The minimum atomic E-state index is -1.27. The van der Waals surface area contributed by atoms with Crippen molar-refractivity contribution in [2.24, 2.45) is 0 Å². The highest BCUT2D eigenvalue weighted by Gasteiger charge is 2.27. The van der Waals surface area contributed by atoms with Gasteiger partial charge in [-0.15, -0.1) is 6.58 Å². The molecule has 0 saturated carbocycles. The molecule has 1 aliphatic heterocycles. The van der Waals surface area contributed by atoms with Crippen LogP contribution < -0.4 is 14.8 Å². The summed E-state index contributed by atoms with van der Waals surface area (Å²) in [6, 6.07) is 3.29. The molecule has 0 spiro atoms. The highest BCUT2D eigenvalue weighted by atomic mass is 32.1. The van der Waals surface area contributed by atoms with E-state index in [1.165, 1.54) is 19.1 Å². The van der Waals surface area contributed by atoms with Crippen LogP contribution in [0.2, 0.25) is 0 Å². The normalized spacial score (nSPS) is 15.5. The van der Waals surface area contributed by atoms with Crippen LogP contribution in [0, 0.1) is 0 Å². The molecular weight excluding hydrogens is 600 g/mol. The molecule has 2 N–H and O–H groups in total. The molecular formula is C33H48N2O9S. The maximum absolute atomic E-state index is 14.2. The van der Waals surface area contributed by atoms with Crippen LogP contribution in [-0.2, 0) is 23.8 Å². The van der Waals surface area contributed by atoms with E-state index < -0.39 is 12.6 Å².